The maximum Gasteiger partial charge on any atom is 0.0294 e. The standard InChI is InChI=1S/C19H32N2/c1-14(2)12-17-6-8-18(9-7-17)16(5)20-19-10-11-21(13-19)15(3)4/h6-9,14-16,19-20H,10-13H2,1-5H3. The smallest absolute Gasteiger partial charge is 0.0294 e. The van der Waals surface area contributed by atoms with Crippen molar-refractivity contribution in [3.63, 3.8) is 0 Å². The zero-order valence-corrected chi connectivity index (χ0v) is 14.4. The number of nitrogens with one attached hydrogen (secondary N) is 1. The predicted molar refractivity (Wildman–Crippen MR) is 91.6 cm³/mol. The molecule has 0 bridgehead atoms. The minimum absolute atomic E-state index is 0.440. The van der Waals surface area contributed by atoms with Crippen LogP contribution in [0.3, 0.4) is 0 Å². The fourth-order valence-electron chi connectivity index (χ4n) is 3.26. The highest BCUT2D eigenvalue weighted by molar-refractivity contribution is 5.25. The van der Waals surface area contributed by atoms with Crippen molar-refractivity contribution in [2.45, 2.75) is 65.6 Å². The third kappa shape index (κ3) is 4.82. The number of nitrogens with zero attached hydrogens (tertiary/aromatic N) is 1. The molecule has 0 aromatic heterocycles. The molecule has 0 radical (unpaired) electrons. The first-order valence-electron chi connectivity index (χ1n) is 8.54. The van der Waals surface area contributed by atoms with Gasteiger partial charge < -0.3 is 5.32 Å². The zero-order valence-electron chi connectivity index (χ0n) is 14.4. The van der Waals surface area contributed by atoms with E-state index in [-0.39, 0.29) is 0 Å². The van der Waals surface area contributed by atoms with Gasteiger partial charge in [0.2, 0.25) is 0 Å². The molecule has 1 aromatic rings. The summed E-state index contributed by atoms with van der Waals surface area (Å²) in [5.41, 5.74) is 2.86. The molecule has 1 aliphatic heterocycles. The molecule has 2 atom stereocenters. The number of benzene rings is 1. The summed E-state index contributed by atoms with van der Waals surface area (Å²) in [6.45, 7) is 13.8. The van der Waals surface area contributed by atoms with Crippen LogP contribution in [-0.4, -0.2) is 30.1 Å². The lowest BCUT2D eigenvalue weighted by Crippen LogP contribution is -2.36. The Labute approximate surface area is 130 Å². The van der Waals surface area contributed by atoms with E-state index in [1.807, 2.05) is 0 Å². The maximum absolute atomic E-state index is 3.80. The highest BCUT2D eigenvalue weighted by Crippen LogP contribution is 2.19. The number of hydrogen-bond acceptors (Lipinski definition) is 2. The van der Waals surface area contributed by atoms with Crippen LogP contribution in [0.15, 0.2) is 24.3 Å². The fraction of sp³-hybridized carbons (Fsp3) is 0.684. The zero-order chi connectivity index (χ0) is 15.4. The summed E-state index contributed by atoms with van der Waals surface area (Å²) in [5, 5.41) is 3.80. The molecule has 1 heterocycles. The first kappa shape index (κ1) is 16.5. The molecule has 2 unspecified atom stereocenters. The first-order chi connectivity index (χ1) is 9.95. The van der Waals surface area contributed by atoms with E-state index in [1.54, 1.807) is 0 Å². The summed E-state index contributed by atoms with van der Waals surface area (Å²) >= 11 is 0. The molecular formula is C19H32N2. The number of hydrogen-bond donors (Lipinski definition) is 1. The van der Waals surface area contributed by atoms with Crippen molar-refractivity contribution in [1.82, 2.24) is 10.2 Å². The van der Waals surface area contributed by atoms with Crippen LogP contribution in [0.25, 0.3) is 0 Å². The summed E-state index contributed by atoms with van der Waals surface area (Å²) in [4.78, 5) is 2.57. The average Bonchev–Trinajstić information content (AvgIpc) is 2.87. The lowest BCUT2D eigenvalue weighted by atomic mass is 9.99. The minimum atomic E-state index is 0.440. The molecule has 118 valence electrons. The van der Waals surface area contributed by atoms with Crippen LogP contribution in [0.5, 0.6) is 0 Å². The Kier molecular flexibility index (Phi) is 5.83. The van der Waals surface area contributed by atoms with Gasteiger partial charge in [-0.05, 0) is 57.2 Å². The van der Waals surface area contributed by atoms with Crippen LogP contribution in [0.4, 0.5) is 0 Å². The Balaban J connectivity index is 1.87. The third-order valence-electron chi connectivity index (χ3n) is 4.56. The first-order valence-corrected chi connectivity index (χ1v) is 8.54. The number of rotatable bonds is 6. The van der Waals surface area contributed by atoms with Gasteiger partial charge in [0.15, 0.2) is 0 Å². The van der Waals surface area contributed by atoms with E-state index in [1.165, 1.54) is 37.1 Å². The highest BCUT2D eigenvalue weighted by atomic mass is 15.2. The van der Waals surface area contributed by atoms with Crippen LogP contribution in [0, 0.1) is 5.92 Å². The van der Waals surface area contributed by atoms with Crippen LogP contribution in [-0.2, 0) is 6.42 Å². The highest BCUT2D eigenvalue weighted by Gasteiger charge is 2.25. The molecule has 0 saturated carbocycles. The largest absolute Gasteiger partial charge is 0.306 e. The van der Waals surface area contributed by atoms with Gasteiger partial charge >= 0.3 is 0 Å². The van der Waals surface area contributed by atoms with E-state index in [0.29, 0.717) is 18.1 Å². The Morgan fingerprint density at radius 2 is 1.76 bits per heavy atom. The van der Waals surface area contributed by atoms with E-state index in [0.717, 1.165) is 5.92 Å². The Bertz CT molecular complexity index is 422. The Hall–Kier alpha value is -0.860. The molecule has 1 saturated heterocycles. The quantitative estimate of drug-likeness (QED) is 0.850. The lowest BCUT2D eigenvalue weighted by molar-refractivity contribution is 0.266. The molecule has 1 N–H and O–H groups in total. The SMILES string of the molecule is CC(C)Cc1ccc(C(C)NC2CCN(C(C)C)C2)cc1. The van der Waals surface area contributed by atoms with Crippen LogP contribution in [0.2, 0.25) is 0 Å². The Morgan fingerprint density at radius 3 is 2.29 bits per heavy atom. The fourth-order valence-corrected chi connectivity index (χ4v) is 3.26. The molecule has 0 spiro atoms. The van der Waals surface area contributed by atoms with Gasteiger partial charge in [-0.1, -0.05) is 38.1 Å². The molecule has 1 aliphatic rings. The lowest BCUT2D eigenvalue weighted by Gasteiger charge is -2.23. The van der Waals surface area contributed by atoms with Crippen molar-refractivity contribution >= 4 is 0 Å². The van der Waals surface area contributed by atoms with Crippen LogP contribution in [0.1, 0.15) is 58.2 Å². The average molecular weight is 288 g/mol. The van der Waals surface area contributed by atoms with Gasteiger partial charge in [-0.15, -0.1) is 0 Å². The molecular weight excluding hydrogens is 256 g/mol. The second-order valence-corrected chi connectivity index (χ2v) is 7.30. The van der Waals surface area contributed by atoms with E-state index < -0.39 is 0 Å². The second kappa shape index (κ2) is 7.42. The van der Waals surface area contributed by atoms with E-state index in [2.05, 4.69) is 69.1 Å². The molecule has 21 heavy (non-hydrogen) atoms. The Morgan fingerprint density at radius 1 is 1.10 bits per heavy atom. The van der Waals surface area contributed by atoms with Gasteiger partial charge in [-0.25, -0.2) is 0 Å². The third-order valence-corrected chi connectivity index (χ3v) is 4.56. The van der Waals surface area contributed by atoms with Gasteiger partial charge in [0.1, 0.15) is 0 Å². The van der Waals surface area contributed by atoms with Gasteiger partial charge in [0.05, 0.1) is 0 Å². The van der Waals surface area contributed by atoms with E-state index >= 15 is 0 Å². The summed E-state index contributed by atoms with van der Waals surface area (Å²) in [5.74, 6) is 0.729. The molecule has 2 heteroatoms. The van der Waals surface area contributed by atoms with Crippen molar-refractivity contribution < 1.29 is 0 Å². The molecule has 2 rings (SSSR count). The monoisotopic (exact) mass is 288 g/mol. The summed E-state index contributed by atoms with van der Waals surface area (Å²) < 4.78 is 0. The van der Waals surface area contributed by atoms with Crippen molar-refractivity contribution in [3.8, 4) is 0 Å². The molecule has 1 fully saturated rings. The summed E-state index contributed by atoms with van der Waals surface area (Å²) in [6, 6.07) is 10.9. The van der Waals surface area contributed by atoms with E-state index in [4.69, 9.17) is 0 Å². The van der Waals surface area contributed by atoms with Crippen molar-refractivity contribution in [2.75, 3.05) is 13.1 Å². The van der Waals surface area contributed by atoms with Gasteiger partial charge in [-0.2, -0.15) is 0 Å². The van der Waals surface area contributed by atoms with Crippen molar-refractivity contribution in [2.24, 2.45) is 5.92 Å². The van der Waals surface area contributed by atoms with Crippen molar-refractivity contribution in [3.05, 3.63) is 35.4 Å². The molecule has 2 nitrogen and oxygen atoms in total. The maximum atomic E-state index is 3.80. The molecule has 1 aromatic carbocycles. The van der Waals surface area contributed by atoms with E-state index in [9.17, 15) is 0 Å². The van der Waals surface area contributed by atoms with Crippen molar-refractivity contribution in [1.29, 1.82) is 0 Å². The van der Waals surface area contributed by atoms with Gasteiger partial charge in [0, 0.05) is 24.7 Å². The molecule has 0 aliphatic carbocycles. The minimum Gasteiger partial charge on any atom is -0.306 e. The summed E-state index contributed by atoms with van der Waals surface area (Å²) in [6.07, 6.45) is 2.45. The van der Waals surface area contributed by atoms with Crippen LogP contribution >= 0.6 is 0 Å². The summed E-state index contributed by atoms with van der Waals surface area (Å²) in [7, 11) is 0. The van der Waals surface area contributed by atoms with Gasteiger partial charge in [-0.3, -0.25) is 4.90 Å². The number of likely N-dealkylation sites (tertiary alicyclic amines) is 1. The predicted octanol–water partition coefficient (Wildman–Crippen LogP) is 4.02. The normalized spacial score (nSPS) is 21.4. The topological polar surface area (TPSA) is 15.3 Å². The van der Waals surface area contributed by atoms with Gasteiger partial charge in [0.25, 0.3) is 0 Å². The molecule has 0 amide bonds. The second-order valence-electron chi connectivity index (χ2n) is 7.30. The van der Waals surface area contributed by atoms with Crippen LogP contribution < -0.4 is 5.32 Å².